The molecule has 39 heavy (non-hydrogen) atoms. The highest BCUT2D eigenvalue weighted by molar-refractivity contribution is 6.35. The second-order valence-corrected chi connectivity index (χ2v) is 11.7. The van der Waals surface area contributed by atoms with Crippen LogP contribution in [0.5, 0.6) is 5.88 Å². The number of fused-ring (bicyclic) bond motifs is 2. The quantitative estimate of drug-likeness (QED) is 0.270. The predicted molar refractivity (Wildman–Crippen MR) is 154 cm³/mol. The monoisotopic (exact) mass is 545 g/mol. The van der Waals surface area contributed by atoms with Crippen molar-refractivity contribution in [1.29, 1.82) is 0 Å². The van der Waals surface area contributed by atoms with E-state index in [0.717, 1.165) is 41.8 Å². The average molecular weight is 546 g/mol. The van der Waals surface area contributed by atoms with Gasteiger partial charge in [0.1, 0.15) is 16.9 Å². The number of aryl methyl sites for hydroxylation is 2. The van der Waals surface area contributed by atoms with E-state index < -0.39 is 0 Å². The summed E-state index contributed by atoms with van der Waals surface area (Å²) in [6, 6.07) is 14.6. The van der Waals surface area contributed by atoms with Gasteiger partial charge in [0, 0.05) is 49.8 Å². The van der Waals surface area contributed by atoms with Gasteiger partial charge >= 0.3 is 0 Å². The zero-order chi connectivity index (χ0) is 27.9. The molecule has 0 saturated heterocycles. The van der Waals surface area contributed by atoms with Crippen LogP contribution in [0.3, 0.4) is 0 Å². The highest BCUT2D eigenvalue weighted by Crippen LogP contribution is 2.40. The number of rotatable bonds is 7. The number of ketones is 1. The molecule has 1 aliphatic heterocycles. The number of hydrogen-bond donors (Lipinski definition) is 0. The normalized spacial score (nSPS) is 16.8. The van der Waals surface area contributed by atoms with Gasteiger partial charge in [-0.15, -0.1) is 5.10 Å². The zero-order valence-corrected chi connectivity index (χ0v) is 24.3. The molecule has 8 heteroatoms. The third-order valence-electron chi connectivity index (χ3n) is 7.78. The lowest BCUT2D eigenvalue weighted by Gasteiger charge is -2.30. The number of benzene rings is 2. The molecule has 0 fully saturated rings. The van der Waals surface area contributed by atoms with E-state index in [2.05, 4.69) is 65.2 Å². The molecule has 5 rings (SSSR count). The van der Waals surface area contributed by atoms with E-state index in [1.54, 1.807) is 13.1 Å². The molecule has 204 valence electrons. The van der Waals surface area contributed by atoms with Crippen molar-refractivity contribution in [3.63, 3.8) is 0 Å². The Balaban J connectivity index is 1.54. The molecule has 0 N–H and O–H groups in total. The number of nitrogens with zero attached hydrogens (tertiary/aromatic N) is 5. The number of aromatic nitrogens is 4. The Morgan fingerprint density at radius 1 is 1.21 bits per heavy atom. The average Bonchev–Trinajstić information content (AvgIpc) is 3.26. The number of ether oxygens (including phenoxy) is 1. The number of carbonyl (C=O) groups excluding carboxylic acids is 1. The molecule has 1 aliphatic rings. The van der Waals surface area contributed by atoms with Crippen LogP contribution in [0.1, 0.15) is 68.4 Å². The molecule has 0 unspecified atom stereocenters. The largest absolute Gasteiger partial charge is 0.470 e. The molecule has 0 bridgehead atoms. The third-order valence-corrected chi connectivity index (χ3v) is 8.18. The molecular formula is C31H36ClN5O2. The first-order valence-electron chi connectivity index (χ1n) is 13.5. The van der Waals surface area contributed by atoms with Crippen molar-refractivity contribution >= 4 is 28.4 Å². The van der Waals surface area contributed by atoms with Gasteiger partial charge in [0.15, 0.2) is 0 Å². The van der Waals surface area contributed by atoms with Crippen LogP contribution in [-0.4, -0.2) is 42.8 Å². The topological polar surface area (TPSA) is 73.1 Å². The van der Waals surface area contributed by atoms with Crippen LogP contribution in [0.4, 0.5) is 0 Å². The first kappa shape index (κ1) is 27.3. The van der Waals surface area contributed by atoms with Gasteiger partial charge in [-0.3, -0.25) is 9.69 Å². The highest BCUT2D eigenvalue weighted by atomic mass is 35.5. The predicted octanol–water partition coefficient (Wildman–Crippen LogP) is 6.34. The fraction of sp³-hybridized carbons (Fsp3) is 0.419. The first-order valence-corrected chi connectivity index (χ1v) is 13.9. The standard InChI is InChI=1S/C31H36ClN5O2/c1-7-37-26-13-12-25(28(32)29(26)34-35-37)27(20(3)21(4)38)22-11-10-19(2)24(15-22)17-36-16-23-9-8-14-33-30(23)39-31(5,6)18-36/h8-15,20,27H,7,16-18H2,1-6H3/t20-,27-/m0/s1. The summed E-state index contributed by atoms with van der Waals surface area (Å²) in [5.41, 5.74) is 6.65. The fourth-order valence-electron chi connectivity index (χ4n) is 5.64. The molecule has 0 saturated carbocycles. The van der Waals surface area contributed by atoms with Gasteiger partial charge < -0.3 is 4.74 Å². The van der Waals surface area contributed by atoms with E-state index >= 15 is 0 Å². The summed E-state index contributed by atoms with van der Waals surface area (Å²) in [5, 5.41) is 9.16. The number of halogens is 1. The molecule has 4 aromatic rings. The maximum absolute atomic E-state index is 12.7. The van der Waals surface area contributed by atoms with Gasteiger partial charge in [-0.25, -0.2) is 9.67 Å². The second-order valence-electron chi connectivity index (χ2n) is 11.3. The first-order chi connectivity index (χ1) is 18.6. The van der Waals surface area contributed by atoms with Crippen molar-refractivity contribution in [1.82, 2.24) is 24.9 Å². The molecule has 3 heterocycles. The minimum atomic E-state index is -0.379. The Bertz CT molecular complexity index is 1530. The van der Waals surface area contributed by atoms with Crippen LogP contribution < -0.4 is 4.74 Å². The van der Waals surface area contributed by atoms with Crippen LogP contribution in [0.15, 0.2) is 48.7 Å². The smallest absolute Gasteiger partial charge is 0.218 e. The molecule has 0 spiro atoms. The summed E-state index contributed by atoms with van der Waals surface area (Å²) in [4.78, 5) is 19.6. The SMILES string of the molecule is CCn1nnc2c(Cl)c([C@H](c3ccc(C)c(CN4Cc5cccnc5OC(C)(C)C4)c3)[C@@H](C)C(C)=O)ccc21. The second kappa shape index (κ2) is 10.7. The Kier molecular flexibility index (Phi) is 7.49. The summed E-state index contributed by atoms with van der Waals surface area (Å²) in [7, 11) is 0. The molecule has 2 aromatic carbocycles. The molecule has 0 amide bonds. The number of carbonyl (C=O) groups is 1. The summed E-state index contributed by atoms with van der Waals surface area (Å²) in [5.74, 6) is 0.349. The Morgan fingerprint density at radius 3 is 2.74 bits per heavy atom. The van der Waals surface area contributed by atoms with E-state index in [9.17, 15) is 4.79 Å². The van der Waals surface area contributed by atoms with Crippen molar-refractivity contribution in [2.24, 2.45) is 5.92 Å². The Morgan fingerprint density at radius 2 is 2.00 bits per heavy atom. The minimum Gasteiger partial charge on any atom is -0.470 e. The minimum absolute atomic E-state index is 0.117. The molecule has 2 aromatic heterocycles. The Hall–Kier alpha value is -3.29. The fourth-order valence-corrected chi connectivity index (χ4v) is 5.96. The van der Waals surface area contributed by atoms with Gasteiger partial charge in [0.25, 0.3) is 0 Å². The summed E-state index contributed by atoms with van der Waals surface area (Å²) in [6.45, 7) is 15.0. The maximum Gasteiger partial charge on any atom is 0.218 e. The van der Waals surface area contributed by atoms with Crippen LogP contribution in [0.2, 0.25) is 5.02 Å². The molecule has 0 aliphatic carbocycles. The summed E-state index contributed by atoms with van der Waals surface area (Å²) in [6.07, 6.45) is 1.78. The van der Waals surface area contributed by atoms with Crippen molar-refractivity contribution in [2.45, 2.75) is 72.7 Å². The van der Waals surface area contributed by atoms with Crippen molar-refractivity contribution < 1.29 is 9.53 Å². The summed E-state index contributed by atoms with van der Waals surface area (Å²) >= 11 is 6.97. The van der Waals surface area contributed by atoms with Gasteiger partial charge in [-0.1, -0.05) is 54.1 Å². The number of pyridine rings is 1. The lowest BCUT2D eigenvalue weighted by Crippen LogP contribution is -2.40. The van der Waals surface area contributed by atoms with E-state index in [-0.39, 0.29) is 23.2 Å². The van der Waals surface area contributed by atoms with E-state index in [4.69, 9.17) is 16.3 Å². The lowest BCUT2D eigenvalue weighted by molar-refractivity contribution is -0.120. The van der Waals surface area contributed by atoms with E-state index in [1.807, 2.05) is 36.7 Å². The molecule has 2 atom stereocenters. The van der Waals surface area contributed by atoms with Crippen LogP contribution >= 0.6 is 11.6 Å². The zero-order valence-electron chi connectivity index (χ0n) is 23.5. The van der Waals surface area contributed by atoms with E-state index in [1.165, 1.54) is 11.1 Å². The molecule has 0 radical (unpaired) electrons. The van der Waals surface area contributed by atoms with Crippen LogP contribution in [0, 0.1) is 12.8 Å². The van der Waals surface area contributed by atoms with E-state index in [0.29, 0.717) is 23.0 Å². The van der Waals surface area contributed by atoms with Crippen LogP contribution in [0.25, 0.3) is 11.0 Å². The van der Waals surface area contributed by atoms with Gasteiger partial charge in [-0.05, 0) is 69.0 Å². The molecule has 7 nitrogen and oxygen atoms in total. The summed E-state index contributed by atoms with van der Waals surface area (Å²) < 4.78 is 8.09. The third kappa shape index (κ3) is 5.43. The van der Waals surface area contributed by atoms with Crippen molar-refractivity contribution in [2.75, 3.05) is 6.54 Å². The maximum atomic E-state index is 12.7. The van der Waals surface area contributed by atoms with Gasteiger partial charge in [0.05, 0.1) is 10.5 Å². The molecular weight excluding hydrogens is 510 g/mol. The Labute approximate surface area is 235 Å². The number of hydrogen-bond acceptors (Lipinski definition) is 6. The highest BCUT2D eigenvalue weighted by Gasteiger charge is 2.31. The van der Waals surface area contributed by atoms with Gasteiger partial charge in [0.2, 0.25) is 5.88 Å². The van der Waals surface area contributed by atoms with Crippen LogP contribution in [-0.2, 0) is 24.4 Å². The van der Waals surface area contributed by atoms with Crippen molar-refractivity contribution in [3.05, 3.63) is 81.5 Å². The number of Topliss-reactive ketones (excluding diaryl/α,β-unsaturated/α-hetero) is 1. The van der Waals surface area contributed by atoms with Gasteiger partial charge in [-0.2, -0.15) is 0 Å². The lowest BCUT2D eigenvalue weighted by atomic mass is 9.79. The van der Waals surface area contributed by atoms with Crippen molar-refractivity contribution in [3.8, 4) is 5.88 Å².